The molecule has 0 saturated carbocycles. The minimum absolute atomic E-state index is 0.0274. The molecule has 0 aliphatic rings. The van der Waals surface area contributed by atoms with Gasteiger partial charge in [0.05, 0.1) is 26.0 Å². The molecular weight excluding hydrogens is 392 g/mol. The van der Waals surface area contributed by atoms with Crippen LogP contribution in [-0.4, -0.2) is 56.6 Å². The summed E-state index contributed by atoms with van der Waals surface area (Å²) in [6, 6.07) is 3.10. The van der Waals surface area contributed by atoms with Crippen LogP contribution in [0.1, 0.15) is 6.92 Å². The number of carbonyl (C=O) groups excluding carboxylic acids is 2. The van der Waals surface area contributed by atoms with E-state index < -0.39 is 21.1 Å². The Hall–Kier alpha value is -3.48. The molecule has 2 rings (SSSR count). The molecule has 13 heteroatoms. The number of methoxy groups -OCH3 is 2. The van der Waals surface area contributed by atoms with Crippen LogP contribution in [0.15, 0.2) is 29.4 Å². The van der Waals surface area contributed by atoms with E-state index in [2.05, 4.69) is 20.3 Å². The van der Waals surface area contributed by atoms with Gasteiger partial charge in [-0.05, 0) is 19.1 Å². The molecule has 0 aliphatic heterocycles. The summed E-state index contributed by atoms with van der Waals surface area (Å²) in [6.45, 7) is 1.87. The summed E-state index contributed by atoms with van der Waals surface area (Å²) in [4.78, 5) is 36.0. The maximum Gasteiger partial charge on any atom is 0.335 e. The number of urea groups is 1. The first-order chi connectivity index (χ1) is 13.3. The first-order valence-electron chi connectivity index (χ1n) is 7.82. The number of nitrogens with zero attached hydrogens (tertiary/aromatic N) is 4. The molecule has 0 spiro atoms. The van der Waals surface area contributed by atoms with Gasteiger partial charge < -0.3 is 14.4 Å². The molecule has 2 heterocycles. The van der Waals surface area contributed by atoms with Gasteiger partial charge in [0, 0.05) is 12.7 Å². The first kappa shape index (κ1) is 20.8. The lowest BCUT2D eigenvalue weighted by molar-refractivity contribution is -0.107. The zero-order chi connectivity index (χ0) is 20.7. The van der Waals surface area contributed by atoms with E-state index in [4.69, 9.17) is 9.47 Å². The van der Waals surface area contributed by atoms with Crippen molar-refractivity contribution in [2.75, 3.05) is 31.0 Å². The third-order valence-corrected chi connectivity index (χ3v) is 4.61. The average Bonchev–Trinajstić information content (AvgIpc) is 2.68. The second-order valence-electron chi connectivity index (χ2n) is 5.06. The molecule has 0 aliphatic carbocycles. The van der Waals surface area contributed by atoms with Crippen LogP contribution >= 0.6 is 0 Å². The summed E-state index contributed by atoms with van der Waals surface area (Å²) >= 11 is 0. The molecule has 0 unspecified atom stereocenters. The van der Waals surface area contributed by atoms with Crippen LogP contribution < -0.4 is 24.4 Å². The van der Waals surface area contributed by atoms with E-state index in [0.717, 1.165) is 4.90 Å². The molecule has 2 aromatic rings. The van der Waals surface area contributed by atoms with Gasteiger partial charge in [-0.1, -0.05) is 0 Å². The molecule has 0 aromatic carbocycles. The Morgan fingerprint density at radius 1 is 1.25 bits per heavy atom. The van der Waals surface area contributed by atoms with Crippen LogP contribution in [0.3, 0.4) is 0 Å². The van der Waals surface area contributed by atoms with E-state index in [-0.39, 0.29) is 29.9 Å². The summed E-state index contributed by atoms with van der Waals surface area (Å²) in [6.07, 6.45) is 1.69. The number of nitrogens with one attached hydrogen (secondary N) is 2. The fraction of sp³-hybridized carbons (Fsp3) is 0.267. The fourth-order valence-corrected chi connectivity index (χ4v) is 3.13. The monoisotopic (exact) mass is 410 g/mol. The van der Waals surface area contributed by atoms with E-state index in [9.17, 15) is 18.0 Å². The number of sulfonamides is 1. The molecule has 150 valence electrons. The Bertz CT molecular complexity index is 945. The van der Waals surface area contributed by atoms with Crippen molar-refractivity contribution in [2.24, 2.45) is 0 Å². The van der Waals surface area contributed by atoms with Crippen molar-refractivity contribution in [2.45, 2.75) is 11.9 Å². The molecule has 0 saturated heterocycles. The summed E-state index contributed by atoms with van der Waals surface area (Å²) < 4.78 is 36.8. The van der Waals surface area contributed by atoms with Crippen molar-refractivity contribution >= 4 is 34.1 Å². The zero-order valence-corrected chi connectivity index (χ0v) is 16.1. The third-order valence-electron chi connectivity index (χ3n) is 3.33. The maximum absolute atomic E-state index is 12.6. The lowest BCUT2D eigenvalue weighted by Crippen LogP contribution is -2.36. The summed E-state index contributed by atoms with van der Waals surface area (Å²) in [5.74, 6) is -0.0450. The van der Waals surface area contributed by atoms with Crippen LogP contribution in [0, 0.1) is 0 Å². The molecule has 2 aromatic heterocycles. The van der Waals surface area contributed by atoms with Crippen LogP contribution in [-0.2, 0) is 14.8 Å². The van der Waals surface area contributed by atoms with E-state index in [1.165, 1.54) is 38.6 Å². The van der Waals surface area contributed by atoms with E-state index in [1.807, 2.05) is 0 Å². The van der Waals surface area contributed by atoms with Gasteiger partial charge in [0.2, 0.25) is 24.1 Å². The second-order valence-corrected chi connectivity index (χ2v) is 6.65. The average molecular weight is 410 g/mol. The molecule has 12 nitrogen and oxygen atoms in total. The number of hydrogen-bond acceptors (Lipinski definition) is 9. The van der Waals surface area contributed by atoms with E-state index >= 15 is 0 Å². The Balaban J connectivity index is 2.26. The first-order valence-corrected chi connectivity index (χ1v) is 9.30. The maximum atomic E-state index is 12.6. The number of anilines is 2. The summed E-state index contributed by atoms with van der Waals surface area (Å²) in [5, 5.41) is 1.69. The Labute approximate surface area is 161 Å². The standard InChI is InChI=1S/C15H18N6O6S/c1-4-21(9-22)10-6-5-7-16-13(10)28(24,25)20-15(23)19-14-17-11(26-2)8-12(18-14)27-3/h5-9H,4H2,1-3H3,(H2,17,18,19,20,23). The SMILES string of the molecule is CCN(C=O)c1cccnc1S(=O)(=O)NC(=O)Nc1nc(OC)cc(OC)n1. The zero-order valence-electron chi connectivity index (χ0n) is 15.2. The van der Waals surface area contributed by atoms with Crippen molar-refractivity contribution in [1.82, 2.24) is 19.7 Å². The van der Waals surface area contributed by atoms with Crippen molar-refractivity contribution in [3.63, 3.8) is 0 Å². The van der Waals surface area contributed by atoms with E-state index in [1.54, 1.807) is 11.6 Å². The van der Waals surface area contributed by atoms with Gasteiger partial charge in [-0.25, -0.2) is 14.5 Å². The highest BCUT2D eigenvalue weighted by Gasteiger charge is 2.25. The van der Waals surface area contributed by atoms with Gasteiger partial charge in [-0.15, -0.1) is 0 Å². The predicted molar refractivity (Wildman–Crippen MR) is 97.8 cm³/mol. The van der Waals surface area contributed by atoms with Crippen molar-refractivity contribution in [3.05, 3.63) is 24.4 Å². The minimum Gasteiger partial charge on any atom is -0.481 e. The highest BCUT2D eigenvalue weighted by Crippen LogP contribution is 2.22. The molecule has 0 atom stereocenters. The molecule has 3 amide bonds. The van der Waals surface area contributed by atoms with Crippen molar-refractivity contribution < 1.29 is 27.5 Å². The molecule has 0 fully saturated rings. The number of hydrogen-bond donors (Lipinski definition) is 2. The Morgan fingerprint density at radius 3 is 2.43 bits per heavy atom. The van der Waals surface area contributed by atoms with Crippen LogP contribution in [0.5, 0.6) is 11.8 Å². The predicted octanol–water partition coefficient (Wildman–Crippen LogP) is 0.382. The normalized spacial score (nSPS) is 10.7. The summed E-state index contributed by atoms with van der Waals surface area (Å²) in [7, 11) is -1.69. The Kier molecular flexibility index (Phi) is 6.65. The smallest absolute Gasteiger partial charge is 0.335 e. The van der Waals surface area contributed by atoms with Gasteiger partial charge in [-0.2, -0.15) is 18.4 Å². The topological polar surface area (TPSA) is 153 Å². The number of ether oxygens (including phenoxy) is 2. The highest BCUT2D eigenvalue weighted by atomic mass is 32.2. The highest BCUT2D eigenvalue weighted by molar-refractivity contribution is 7.90. The number of aromatic nitrogens is 3. The van der Waals surface area contributed by atoms with Crippen LogP contribution in [0.4, 0.5) is 16.4 Å². The number of carbonyl (C=O) groups is 2. The lowest BCUT2D eigenvalue weighted by atomic mass is 10.4. The van der Waals surface area contributed by atoms with Crippen molar-refractivity contribution in [3.8, 4) is 11.8 Å². The molecule has 28 heavy (non-hydrogen) atoms. The minimum atomic E-state index is -4.40. The molecule has 0 bridgehead atoms. The quantitative estimate of drug-likeness (QED) is 0.588. The van der Waals surface area contributed by atoms with Gasteiger partial charge in [0.25, 0.3) is 10.0 Å². The van der Waals surface area contributed by atoms with Gasteiger partial charge in [0.15, 0.2) is 5.03 Å². The number of pyridine rings is 1. The van der Waals surface area contributed by atoms with Gasteiger partial charge in [0.1, 0.15) is 0 Å². The summed E-state index contributed by atoms with van der Waals surface area (Å²) in [5.41, 5.74) is 0.0274. The van der Waals surface area contributed by atoms with Gasteiger partial charge >= 0.3 is 6.03 Å². The number of rotatable bonds is 8. The fourth-order valence-electron chi connectivity index (χ4n) is 2.08. The van der Waals surface area contributed by atoms with Crippen LogP contribution in [0.25, 0.3) is 0 Å². The second kappa shape index (κ2) is 8.94. The Morgan fingerprint density at radius 2 is 1.89 bits per heavy atom. The molecular formula is C15H18N6O6S. The third kappa shape index (κ3) is 4.82. The van der Waals surface area contributed by atoms with E-state index in [0.29, 0.717) is 6.41 Å². The largest absolute Gasteiger partial charge is 0.481 e. The van der Waals surface area contributed by atoms with Crippen LogP contribution in [0.2, 0.25) is 0 Å². The number of amides is 3. The molecule has 0 radical (unpaired) electrons. The van der Waals surface area contributed by atoms with Crippen molar-refractivity contribution in [1.29, 1.82) is 0 Å². The van der Waals surface area contributed by atoms with Gasteiger partial charge in [-0.3, -0.25) is 10.1 Å². The lowest BCUT2D eigenvalue weighted by Gasteiger charge is -2.18. The molecule has 2 N–H and O–H groups in total.